The number of hydrogen-bond acceptors (Lipinski definition) is 7. The largest absolute Gasteiger partial charge is 0.458 e. The van der Waals surface area contributed by atoms with Gasteiger partial charge in [0.1, 0.15) is 12.4 Å². The first-order chi connectivity index (χ1) is 17.6. The number of benzene rings is 1. The highest BCUT2D eigenvalue weighted by atomic mass is 35.5. The minimum Gasteiger partial charge on any atom is -0.458 e. The van der Waals surface area contributed by atoms with Gasteiger partial charge in [0, 0.05) is 34.7 Å². The Morgan fingerprint density at radius 2 is 1.97 bits per heavy atom. The molecule has 2 atom stereocenters. The van der Waals surface area contributed by atoms with Gasteiger partial charge in [-0.25, -0.2) is 14.2 Å². The predicted octanol–water partition coefficient (Wildman–Crippen LogP) is 3.03. The average Bonchev–Trinajstić information content (AvgIpc) is 3.24. The molecule has 1 aromatic carbocycles. The minimum atomic E-state index is -1.91. The zero-order valence-electron chi connectivity index (χ0n) is 21.9. The maximum absolute atomic E-state index is 15.0. The molecule has 0 spiro atoms. The topological polar surface area (TPSA) is 105 Å². The summed E-state index contributed by atoms with van der Waals surface area (Å²) in [5.41, 5.74) is 2.75. The van der Waals surface area contributed by atoms with E-state index in [4.69, 9.17) is 9.72 Å². The normalized spacial score (nSPS) is 23.1. The molecule has 0 radical (unpaired) electrons. The number of aliphatic hydroxyl groups excluding tert-OH is 1. The Balaban J connectivity index is 0.00000294. The first-order valence-corrected chi connectivity index (χ1v) is 12.7. The standard InChI is InChI=1S/C28H30FN3O5.ClH/c1-5-28(36)18-10-21-24-16(12-32(21)25(34)17(18)13-37-26(28)35)23-22-15(14(2)19(29)11-20(22)30-24)6-7-27(23,3)31(4)8-9-33;/h10-11,33,36H,5-9,12-13H2,1-4H3;1H/t27-,28-;/m0./s1. The van der Waals surface area contributed by atoms with Crippen molar-refractivity contribution >= 4 is 29.3 Å². The Bertz CT molecular complexity index is 1590. The van der Waals surface area contributed by atoms with Gasteiger partial charge in [0.25, 0.3) is 5.56 Å². The average molecular weight is 544 g/mol. The quantitative estimate of drug-likeness (QED) is 0.381. The van der Waals surface area contributed by atoms with Gasteiger partial charge in [-0.1, -0.05) is 6.92 Å². The molecule has 0 amide bonds. The van der Waals surface area contributed by atoms with Gasteiger partial charge in [-0.3, -0.25) is 9.69 Å². The summed E-state index contributed by atoms with van der Waals surface area (Å²) in [6, 6.07) is 3.13. The molecule has 3 aromatic rings. The highest BCUT2D eigenvalue weighted by molar-refractivity contribution is 5.93. The number of hydrogen-bond donors (Lipinski definition) is 2. The summed E-state index contributed by atoms with van der Waals surface area (Å²) in [6.07, 6.45) is 1.44. The number of aryl methyl sites for hydroxylation is 1. The lowest BCUT2D eigenvalue weighted by Crippen LogP contribution is -2.45. The van der Waals surface area contributed by atoms with Crippen LogP contribution in [0.3, 0.4) is 0 Å². The first-order valence-electron chi connectivity index (χ1n) is 12.7. The van der Waals surface area contributed by atoms with Gasteiger partial charge in [0.15, 0.2) is 5.60 Å². The number of aliphatic hydroxyl groups is 2. The molecule has 2 aromatic heterocycles. The molecule has 0 saturated heterocycles. The van der Waals surface area contributed by atoms with Crippen molar-refractivity contribution < 1.29 is 24.1 Å². The summed E-state index contributed by atoms with van der Waals surface area (Å²) in [4.78, 5) is 33.2. The van der Waals surface area contributed by atoms with Crippen molar-refractivity contribution in [1.82, 2.24) is 14.5 Å². The maximum atomic E-state index is 15.0. The molecule has 38 heavy (non-hydrogen) atoms. The summed E-state index contributed by atoms with van der Waals surface area (Å²) in [7, 11) is 1.97. The van der Waals surface area contributed by atoms with E-state index in [9.17, 15) is 19.8 Å². The van der Waals surface area contributed by atoms with E-state index in [0.717, 1.165) is 22.1 Å². The van der Waals surface area contributed by atoms with Crippen molar-refractivity contribution in [3.63, 3.8) is 0 Å². The highest BCUT2D eigenvalue weighted by Crippen LogP contribution is 2.49. The Morgan fingerprint density at radius 1 is 1.24 bits per heavy atom. The number of likely N-dealkylation sites (N-methyl/N-ethyl adjacent to an activating group) is 1. The number of esters is 1. The summed E-state index contributed by atoms with van der Waals surface area (Å²) in [5.74, 6) is -1.09. The number of rotatable bonds is 4. The molecule has 10 heteroatoms. The van der Waals surface area contributed by atoms with Crippen molar-refractivity contribution in [1.29, 1.82) is 0 Å². The second kappa shape index (κ2) is 8.84. The van der Waals surface area contributed by atoms with Crippen LogP contribution in [0, 0.1) is 12.7 Å². The third-order valence-corrected chi connectivity index (χ3v) is 8.98. The third kappa shape index (κ3) is 3.28. The molecule has 0 fully saturated rings. The molecule has 1 aliphatic carbocycles. The summed E-state index contributed by atoms with van der Waals surface area (Å²) in [6.45, 7) is 6.10. The summed E-state index contributed by atoms with van der Waals surface area (Å²) in [5, 5.41) is 21.8. The second-order valence-corrected chi connectivity index (χ2v) is 10.7. The van der Waals surface area contributed by atoms with Crippen molar-refractivity contribution in [2.45, 2.75) is 64.3 Å². The lowest BCUT2D eigenvalue weighted by atomic mass is 9.73. The van der Waals surface area contributed by atoms with E-state index < -0.39 is 17.1 Å². The van der Waals surface area contributed by atoms with Gasteiger partial charge in [0.2, 0.25) is 0 Å². The molecule has 3 aliphatic rings. The Labute approximate surface area is 225 Å². The molecular formula is C28H31ClFN3O5. The van der Waals surface area contributed by atoms with Gasteiger partial charge in [0.05, 0.1) is 35.6 Å². The SMILES string of the molecule is CC[C@@]1(O)C(=O)OCc2c1cc1n(c2=O)Cc2c-1nc1cc(F)c(C)c3c1c2[C@@](C)(N(C)CCO)CC3.Cl. The molecular weight excluding hydrogens is 513 g/mol. The van der Waals surface area contributed by atoms with Gasteiger partial charge >= 0.3 is 5.97 Å². The Kier molecular flexibility index (Phi) is 6.22. The lowest BCUT2D eigenvalue weighted by Gasteiger charge is -2.44. The van der Waals surface area contributed by atoms with Crippen molar-refractivity contribution in [3.8, 4) is 11.4 Å². The third-order valence-electron chi connectivity index (χ3n) is 8.98. The van der Waals surface area contributed by atoms with Crippen molar-refractivity contribution in [3.05, 3.63) is 61.7 Å². The van der Waals surface area contributed by atoms with Crippen LogP contribution in [0.2, 0.25) is 0 Å². The molecule has 8 nitrogen and oxygen atoms in total. The molecule has 0 unspecified atom stereocenters. The van der Waals surface area contributed by atoms with Gasteiger partial charge in [-0.2, -0.15) is 0 Å². The van der Waals surface area contributed by atoms with E-state index in [1.165, 1.54) is 6.07 Å². The van der Waals surface area contributed by atoms with Gasteiger partial charge < -0.3 is 19.5 Å². The van der Waals surface area contributed by atoms with Crippen LogP contribution in [0.1, 0.15) is 60.1 Å². The number of pyridine rings is 2. The summed E-state index contributed by atoms with van der Waals surface area (Å²) < 4.78 is 21.8. The van der Waals surface area contributed by atoms with Crippen LogP contribution in [0.5, 0.6) is 0 Å². The number of halogens is 2. The van der Waals surface area contributed by atoms with Crippen LogP contribution in [0.15, 0.2) is 16.9 Å². The molecule has 0 bridgehead atoms. The zero-order chi connectivity index (χ0) is 26.4. The van der Waals surface area contributed by atoms with Crippen LogP contribution in [-0.4, -0.2) is 50.8 Å². The molecule has 2 aliphatic heterocycles. The van der Waals surface area contributed by atoms with E-state index >= 15 is 4.39 Å². The van der Waals surface area contributed by atoms with Crippen LogP contribution >= 0.6 is 12.4 Å². The number of carbonyl (C=O) groups excluding carboxylic acids is 1. The molecule has 0 saturated carbocycles. The number of carbonyl (C=O) groups is 1. The van der Waals surface area contributed by atoms with Crippen LogP contribution < -0.4 is 5.56 Å². The summed E-state index contributed by atoms with van der Waals surface area (Å²) >= 11 is 0. The van der Waals surface area contributed by atoms with E-state index in [-0.39, 0.29) is 61.1 Å². The number of cyclic esters (lactones) is 1. The van der Waals surface area contributed by atoms with Crippen molar-refractivity contribution in [2.24, 2.45) is 0 Å². The zero-order valence-corrected chi connectivity index (χ0v) is 22.7. The van der Waals surface area contributed by atoms with Crippen LogP contribution in [0.25, 0.3) is 22.3 Å². The first kappa shape index (κ1) is 26.7. The van der Waals surface area contributed by atoms with Gasteiger partial charge in [-0.15, -0.1) is 12.4 Å². The Hall–Kier alpha value is -2.85. The van der Waals surface area contributed by atoms with Crippen LogP contribution in [-0.2, 0) is 40.2 Å². The number of nitrogens with zero attached hydrogens (tertiary/aromatic N) is 3. The molecule has 6 rings (SSSR count). The van der Waals surface area contributed by atoms with E-state index in [1.807, 2.05) is 7.05 Å². The van der Waals surface area contributed by atoms with Crippen LogP contribution in [0.4, 0.5) is 4.39 Å². The fourth-order valence-corrected chi connectivity index (χ4v) is 6.57. The van der Waals surface area contributed by atoms with E-state index in [2.05, 4.69) is 11.8 Å². The van der Waals surface area contributed by atoms with E-state index in [1.54, 1.807) is 24.5 Å². The fourth-order valence-electron chi connectivity index (χ4n) is 6.57. The minimum absolute atomic E-state index is 0. The maximum Gasteiger partial charge on any atom is 0.343 e. The van der Waals surface area contributed by atoms with Crippen molar-refractivity contribution in [2.75, 3.05) is 20.2 Å². The second-order valence-electron chi connectivity index (χ2n) is 10.7. The predicted molar refractivity (Wildman–Crippen MR) is 142 cm³/mol. The smallest absolute Gasteiger partial charge is 0.343 e. The van der Waals surface area contributed by atoms with Gasteiger partial charge in [-0.05, 0) is 62.9 Å². The molecule has 202 valence electrons. The fraction of sp³-hybridized carbons (Fsp3) is 0.464. The monoisotopic (exact) mass is 543 g/mol. The lowest BCUT2D eigenvalue weighted by molar-refractivity contribution is -0.172. The molecule has 2 N–H and O–H groups in total. The van der Waals surface area contributed by atoms with E-state index in [0.29, 0.717) is 41.9 Å². The molecule has 4 heterocycles. The number of aromatic nitrogens is 2. The number of ether oxygens (including phenoxy) is 1. The number of fused-ring (bicyclic) bond motifs is 5. The highest BCUT2D eigenvalue weighted by Gasteiger charge is 2.47. The Morgan fingerprint density at radius 3 is 2.66 bits per heavy atom.